The number of nitrogens with one attached hydrogen (secondary N) is 2. The normalized spacial score (nSPS) is 9.93. The van der Waals surface area contributed by atoms with Crippen molar-refractivity contribution < 1.29 is 28.5 Å². The molecule has 0 saturated heterocycles. The smallest absolute Gasteiger partial charge is 0.319 e. The largest absolute Gasteiger partial charge is 0.497 e. The molecule has 2 aromatic rings. The summed E-state index contributed by atoms with van der Waals surface area (Å²) in [6.07, 6.45) is 0. The molecule has 0 aliphatic rings. The summed E-state index contributed by atoms with van der Waals surface area (Å²) >= 11 is 0. The molecule has 0 aliphatic carbocycles. The second kappa shape index (κ2) is 10.0. The summed E-state index contributed by atoms with van der Waals surface area (Å²) in [5.74, 6) is 2.98. The zero-order valence-corrected chi connectivity index (χ0v) is 15.8. The summed E-state index contributed by atoms with van der Waals surface area (Å²) in [5, 5.41) is 5.44. The lowest BCUT2D eigenvalue weighted by molar-refractivity contribution is 0.247. The highest BCUT2D eigenvalue weighted by Gasteiger charge is 2.09. The van der Waals surface area contributed by atoms with Crippen LogP contribution >= 0.6 is 0 Å². The molecule has 0 fully saturated rings. The average Bonchev–Trinajstić information content (AvgIpc) is 2.71. The molecule has 27 heavy (non-hydrogen) atoms. The first kappa shape index (κ1) is 20.0. The quantitative estimate of drug-likeness (QED) is 0.655. The van der Waals surface area contributed by atoms with E-state index in [1.165, 1.54) is 7.11 Å². The molecule has 2 aromatic carbocycles. The predicted octanol–water partition coefficient (Wildman–Crippen LogP) is 2.92. The van der Waals surface area contributed by atoms with Gasteiger partial charge < -0.3 is 34.3 Å². The van der Waals surface area contributed by atoms with E-state index < -0.39 is 0 Å². The van der Waals surface area contributed by atoms with E-state index in [0.29, 0.717) is 41.0 Å². The van der Waals surface area contributed by atoms with Crippen molar-refractivity contribution in [3.8, 4) is 28.7 Å². The highest BCUT2D eigenvalue weighted by atomic mass is 16.5. The molecule has 8 heteroatoms. The number of carbonyl (C=O) groups excluding carboxylic acids is 1. The van der Waals surface area contributed by atoms with Crippen LogP contribution in [0.4, 0.5) is 10.5 Å². The molecule has 0 heterocycles. The van der Waals surface area contributed by atoms with Gasteiger partial charge in [-0.05, 0) is 12.1 Å². The molecule has 0 spiro atoms. The first-order chi connectivity index (χ1) is 13.1. The van der Waals surface area contributed by atoms with Gasteiger partial charge in [-0.15, -0.1) is 0 Å². The van der Waals surface area contributed by atoms with Crippen LogP contribution in [-0.2, 0) is 0 Å². The van der Waals surface area contributed by atoms with E-state index >= 15 is 0 Å². The molecule has 0 aromatic heterocycles. The second-order valence-electron chi connectivity index (χ2n) is 5.34. The molecule has 0 bridgehead atoms. The first-order valence-electron chi connectivity index (χ1n) is 8.22. The predicted molar refractivity (Wildman–Crippen MR) is 102 cm³/mol. The average molecular weight is 376 g/mol. The van der Waals surface area contributed by atoms with Gasteiger partial charge in [0.2, 0.25) is 0 Å². The summed E-state index contributed by atoms with van der Waals surface area (Å²) in [5.41, 5.74) is 0.536. The third kappa shape index (κ3) is 5.88. The summed E-state index contributed by atoms with van der Waals surface area (Å²) in [6.45, 7) is 0.591. The first-order valence-corrected chi connectivity index (χ1v) is 8.22. The maximum absolute atomic E-state index is 12.0. The Balaban J connectivity index is 1.83. The maximum atomic E-state index is 12.0. The van der Waals surface area contributed by atoms with Crippen LogP contribution in [0.2, 0.25) is 0 Å². The number of benzene rings is 2. The van der Waals surface area contributed by atoms with Gasteiger partial charge in [0.05, 0.1) is 40.7 Å². The fourth-order valence-electron chi connectivity index (χ4n) is 2.27. The van der Waals surface area contributed by atoms with Gasteiger partial charge in [0.15, 0.2) is 0 Å². The molecular formula is C19H24N2O6. The van der Waals surface area contributed by atoms with Crippen LogP contribution in [0.3, 0.4) is 0 Å². The Labute approximate surface area is 158 Å². The molecule has 0 saturated carbocycles. The van der Waals surface area contributed by atoms with Gasteiger partial charge in [0.1, 0.15) is 35.4 Å². The lowest BCUT2D eigenvalue weighted by Gasteiger charge is -2.13. The third-order valence-corrected chi connectivity index (χ3v) is 3.64. The Morgan fingerprint density at radius 2 is 1.44 bits per heavy atom. The lowest BCUT2D eigenvalue weighted by Crippen LogP contribution is -2.32. The van der Waals surface area contributed by atoms with Crippen molar-refractivity contribution >= 4 is 11.7 Å². The fraction of sp³-hybridized carbons (Fsp3) is 0.316. The van der Waals surface area contributed by atoms with Crippen molar-refractivity contribution in [2.75, 3.05) is 46.9 Å². The molecule has 8 nitrogen and oxygen atoms in total. The maximum Gasteiger partial charge on any atom is 0.319 e. The van der Waals surface area contributed by atoms with E-state index in [9.17, 15) is 4.79 Å². The van der Waals surface area contributed by atoms with E-state index in [2.05, 4.69) is 10.6 Å². The summed E-state index contributed by atoms with van der Waals surface area (Å²) in [6, 6.07) is 9.99. The zero-order valence-electron chi connectivity index (χ0n) is 15.8. The van der Waals surface area contributed by atoms with Crippen molar-refractivity contribution in [3.63, 3.8) is 0 Å². The van der Waals surface area contributed by atoms with Crippen molar-refractivity contribution in [3.05, 3.63) is 36.4 Å². The van der Waals surface area contributed by atoms with Gasteiger partial charge in [0, 0.05) is 24.3 Å². The Kier molecular flexibility index (Phi) is 7.42. The number of hydrogen-bond acceptors (Lipinski definition) is 6. The van der Waals surface area contributed by atoms with E-state index in [0.717, 1.165) is 0 Å². The standard InChI is InChI=1S/C19H24N2O6/c1-23-13-5-6-17(18(12-13)26-4)21-19(22)20-7-8-27-16-10-14(24-2)9-15(11-16)25-3/h5-6,9-12H,7-8H2,1-4H3,(H2,20,21,22). The Bertz CT molecular complexity index is 744. The van der Waals surface area contributed by atoms with Gasteiger partial charge >= 0.3 is 6.03 Å². The van der Waals surface area contributed by atoms with Crippen LogP contribution in [0.15, 0.2) is 36.4 Å². The summed E-state index contributed by atoms with van der Waals surface area (Å²) in [7, 11) is 6.22. The minimum absolute atomic E-state index is 0.281. The van der Waals surface area contributed by atoms with E-state index in [-0.39, 0.29) is 12.6 Å². The van der Waals surface area contributed by atoms with Crippen molar-refractivity contribution in [1.29, 1.82) is 0 Å². The minimum atomic E-state index is -0.370. The lowest BCUT2D eigenvalue weighted by atomic mass is 10.2. The molecule has 2 amide bonds. The SMILES string of the molecule is COc1cc(OC)cc(OCCNC(=O)Nc2ccc(OC)cc2OC)c1. The van der Waals surface area contributed by atoms with Crippen molar-refractivity contribution in [2.45, 2.75) is 0 Å². The number of carbonyl (C=O) groups is 1. The molecule has 146 valence electrons. The highest BCUT2D eigenvalue weighted by Crippen LogP contribution is 2.29. The molecular weight excluding hydrogens is 352 g/mol. The summed E-state index contributed by atoms with van der Waals surface area (Å²) in [4.78, 5) is 12.0. The van der Waals surface area contributed by atoms with Crippen molar-refractivity contribution in [1.82, 2.24) is 5.32 Å². The fourth-order valence-corrected chi connectivity index (χ4v) is 2.27. The van der Waals surface area contributed by atoms with E-state index in [4.69, 9.17) is 23.7 Å². The highest BCUT2D eigenvalue weighted by molar-refractivity contribution is 5.91. The van der Waals surface area contributed by atoms with Gasteiger partial charge in [-0.1, -0.05) is 0 Å². The van der Waals surface area contributed by atoms with Crippen LogP contribution in [0.25, 0.3) is 0 Å². The van der Waals surface area contributed by atoms with Crippen molar-refractivity contribution in [2.24, 2.45) is 0 Å². The number of hydrogen-bond donors (Lipinski definition) is 2. The number of rotatable bonds is 9. The van der Waals surface area contributed by atoms with Crippen LogP contribution < -0.4 is 34.3 Å². The van der Waals surface area contributed by atoms with Gasteiger partial charge in [-0.3, -0.25) is 0 Å². The number of urea groups is 1. The molecule has 0 aliphatic heterocycles. The van der Waals surface area contributed by atoms with E-state index in [1.54, 1.807) is 57.7 Å². The molecule has 0 atom stereocenters. The minimum Gasteiger partial charge on any atom is -0.497 e. The third-order valence-electron chi connectivity index (χ3n) is 3.64. The van der Waals surface area contributed by atoms with Crippen LogP contribution in [-0.4, -0.2) is 47.6 Å². The number of ether oxygens (including phenoxy) is 5. The number of methoxy groups -OCH3 is 4. The van der Waals surface area contributed by atoms with Gasteiger partial charge in [0.25, 0.3) is 0 Å². The molecule has 2 N–H and O–H groups in total. The van der Waals surface area contributed by atoms with Crippen LogP contribution in [0.1, 0.15) is 0 Å². The number of anilines is 1. The van der Waals surface area contributed by atoms with Crippen LogP contribution in [0.5, 0.6) is 28.7 Å². The van der Waals surface area contributed by atoms with E-state index in [1.807, 2.05) is 0 Å². The Morgan fingerprint density at radius 3 is 2.04 bits per heavy atom. The van der Waals surface area contributed by atoms with Gasteiger partial charge in [-0.2, -0.15) is 0 Å². The molecule has 2 rings (SSSR count). The Hall–Kier alpha value is -3.29. The van der Waals surface area contributed by atoms with Gasteiger partial charge in [-0.25, -0.2) is 4.79 Å². The second-order valence-corrected chi connectivity index (χ2v) is 5.34. The monoisotopic (exact) mass is 376 g/mol. The topological polar surface area (TPSA) is 87.3 Å². The molecule has 0 unspecified atom stereocenters. The Morgan fingerprint density at radius 1 is 0.815 bits per heavy atom. The number of amides is 2. The molecule has 0 radical (unpaired) electrons. The summed E-state index contributed by atoms with van der Waals surface area (Å²) < 4.78 is 26.4. The zero-order chi connectivity index (χ0) is 19.6. The van der Waals surface area contributed by atoms with Crippen LogP contribution in [0, 0.1) is 0 Å².